The van der Waals surface area contributed by atoms with E-state index in [2.05, 4.69) is 0 Å². The van der Waals surface area contributed by atoms with Gasteiger partial charge in [0.05, 0.1) is 16.7 Å². The topological polar surface area (TPSA) is 59.0 Å². The van der Waals surface area contributed by atoms with Crippen molar-refractivity contribution in [2.24, 2.45) is 5.73 Å². The molecular weight excluding hydrogens is 291 g/mol. The number of nitrogens with two attached hydrogens (primary N) is 1. The predicted octanol–water partition coefficient (Wildman–Crippen LogP) is 4.55. The molecule has 0 fully saturated rings. The molecule has 0 aliphatic carbocycles. The van der Waals surface area contributed by atoms with Crippen LogP contribution in [0.4, 0.5) is 4.39 Å². The van der Waals surface area contributed by atoms with Crippen LogP contribution in [0.15, 0.2) is 36.4 Å². The highest BCUT2D eigenvalue weighted by atomic mass is 35.5. The molecule has 0 saturated carbocycles. The molecule has 3 nitrogen and oxygen atoms in total. The molecular formula is C16H14ClFN2O. The van der Waals surface area contributed by atoms with Crippen molar-refractivity contribution in [2.45, 2.75) is 19.4 Å². The van der Waals surface area contributed by atoms with Crippen molar-refractivity contribution in [1.29, 1.82) is 5.26 Å². The monoisotopic (exact) mass is 304 g/mol. The smallest absolute Gasteiger partial charge is 0.181 e. The van der Waals surface area contributed by atoms with E-state index in [4.69, 9.17) is 27.3 Å². The van der Waals surface area contributed by atoms with Gasteiger partial charge < -0.3 is 10.5 Å². The number of nitrogens with zero attached hydrogens (tertiary/aromatic N) is 1. The van der Waals surface area contributed by atoms with E-state index in [0.29, 0.717) is 23.3 Å². The highest BCUT2D eigenvalue weighted by Crippen LogP contribution is 2.35. The van der Waals surface area contributed by atoms with Crippen molar-refractivity contribution in [3.63, 3.8) is 0 Å². The Labute approximate surface area is 127 Å². The number of ether oxygens (including phenoxy) is 1. The fraction of sp³-hybridized carbons (Fsp3) is 0.188. The molecule has 21 heavy (non-hydrogen) atoms. The highest BCUT2D eigenvalue weighted by molar-refractivity contribution is 6.32. The van der Waals surface area contributed by atoms with Gasteiger partial charge in [-0.1, -0.05) is 24.6 Å². The van der Waals surface area contributed by atoms with Gasteiger partial charge in [0.25, 0.3) is 0 Å². The number of halogens is 2. The van der Waals surface area contributed by atoms with Crippen molar-refractivity contribution in [1.82, 2.24) is 0 Å². The summed E-state index contributed by atoms with van der Waals surface area (Å²) in [6.07, 6.45) is 0.606. The molecule has 0 aliphatic rings. The highest BCUT2D eigenvalue weighted by Gasteiger charge is 2.18. The van der Waals surface area contributed by atoms with Crippen LogP contribution < -0.4 is 10.5 Å². The lowest BCUT2D eigenvalue weighted by Gasteiger charge is -2.15. The number of rotatable bonds is 4. The van der Waals surface area contributed by atoms with Crippen LogP contribution >= 0.6 is 11.6 Å². The quantitative estimate of drug-likeness (QED) is 0.901. The Hall–Kier alpha value is -2.09. The molecule has 2 rings (SSSR count). The molecule has 0 unspecified atom stereocenters. The molecule has 108 valence electrons. The van der Waals surface area contributed by atoms with Gasteiger partial charge in [0.15, 0.2) is 11.6 Å². The molecule has 0 aromatic heterocycles. The summed E-state index contributed by atoms with van der Waals surface area (Å²) in [6, 6.07) is 11.1. The average Bonchev–Trinajstić information content (AvgIpc) is 2.51. The molecule has 0 bridgehead atoms. The van der Waals surface area contributed by atoms with Crippen LogP contribution in [-0.4, -0.2) is 0 Å². The maximum atomic E-state index is 14.5. The fourth-order valence-corrected chi connectivity index (χ4v) is 2.05. The maximum Gasteiger partial charge on any atom is 0.181 e. The lowest BCUT2D eigenvalue weighted by Crippen LogP contribution is -2.11. The average molecular weight is 305 g/mol. The number of nitriles is 1. The molecule has 0 saturated heterocycles. The third kappa shape index (κ3) is 3.33. The van der Waals surface area contributed by atoms with E-state index >= 15 is 0 Å². The van der Waals surface area contributed by atoms with Crippen molar-refractivity contribution in [3.05, 3.63) is 58.4 Å². The van der Waals surface area contributed by atoms with Crippen LogP contribution in [0.25, 0.3) is 0 Å². The number of hydrogen-bond donors (Lipinski definition) is 1. The number of hydrogen-bond acceptors (Lipinski definition) is 3. The normalized spacial score (nSPS) is 11.8. The van der Waals surface area contributed by atoms with Crippen molar-refractivity contribution < 1.29 is 9.13 Å². The Bertz CT molecular complexity index is 680. The zero-order chi connectivity index (χ0) is 15.4. The van der Waals surface area contributed by atoms with Gasteiger partial charge in [-0.05, 0) is 36.8 Å². The largest absolute Gasteiger partial charge is 0.453 e. The summed E-state index contributed by atoms with van der Waals surface area (Å²) in [5.74, 6) is -0.207. The Morgan fingerprint density at radius 2 is 1.95 bits per heavy atom. The fourth-order valence-electron chi connectivity index (χ4n) is 1.86. The number of benzene rings is 2. The van der Waals surface area contributed by atoms with Crippen LogP contribution in [0.1, 0.15) is 30.5 Å². The first-order valence-corrected chi connectivity index (χ1v) is 6.86. The summed E-state index contributed by atoms with van der Waals surface area (Å²) in [5, 5.41) is 8.92. The summed E-state index contributed by atoms with van der Waals surface area (Å²) < 4.78 is 20.0. The molecule has 0 spiro atoms. The molecule has 2 N–H and O–H groups in total. The van der Waals surface area contributed by atoms with Gasteiger partial charge in [-0.25, -0.2) is 4.39 Å². The first-order valence-electron chi connectivity index (χ1n) is 6.48. The van der Waals surface area contributed by atoms with E-state index in [1.807, 2.05) is 13.0 Å². The Kier molecular flexibility index (Phi) is 4.79. The van der Waals surface area contributed by atoms with Crippen LogP contribution in [0.5, 0.6) is 11.5 Å². The Morgan fingerprint density at radius 1 is 1.29 bits per heavy atom. The summed E-state index contributed by atoms with van der Waals surface area (Å²) >= 11 is 6.00. The van der Waals surface area contributed by atoms with Gasteiger partial charge in [-0.2, -0.15) is 5.26 Å². The minimum atomic E-state index is -0.554. The van der Waals surface area contributed by atoms with Gasteiger partial charge in [0.2, 0.25) is 0 Å². The lowest BCUT2D eigenvalue weighted by molar-refractivity contribution is 0.434. The first kappa shape index (κ1) is 15.3. The Morgan fingerprint density at radius 3 is 2.52 bits per heavy atom. The van der Waals surface area contributed by atoms with Gasteiger partial charge >= 0.3 is 0 Å². The zero-order valence-electron chi connectivity index (χ0n) is 11.4. The molecule has 0 radical (unpaired) electrons. The third-order valence-corrected chi connectivity index (χ3v) is 3.42. The SMILES string of the molecule is CC[C@@H](N)c1ccc(Cl)c(Oc2ccc(C#N)cc2)c1F. The van der Waals surface area contributed by atoms with Crippen LogP contribution in [0.3, 0.4) is 0 Å². The Balaban J connectivity index is 2.36. The minimum Gasteiger partial charge on any atom is -0.453 e. The summed E-state index contributed by atoms with van der Waals surface area (Å²) in [7, 11) is 0. The van der Waals surface area contributed by atoms with Gasteiger partial charge in [-0.3, -0.25) is 0 Å². The molecule has 0 aliphatic heterocycles. The maximum absolute atomic E-state index is 14.5. The minimum absolute atomic E-state index is 0.0530. The lowest BCUT2D eigenvalue weighted by atomic mass is 10.0. The van der Waals surface area contributed by atoms with Gasteiger partial charge in [-0.15, -0.1) is 0 Å². The van der Waals surface area contributed by atoms with Crippen LogP contribution in [-0.2, 0) is 0 Å². The van der Waals surface area contributed by atoms with E-state index in [0.717, 1.165) is 0 Å². The van der Waals surface area contributed by atoms with Crippen molar-refractivity contribution >= 4 is 11.6 Å². The van der Waals surface area contributed by atoms with Crippen LogP contribution in [0.2, 0.25) is 5.02 Å². The molecule has 2 aromatic rings. The van der Waals surface area contributed by atoms with Crippen molar-refractivity contribution in [3.8, 4) is 17.6 Å². The van der Waals surface area contributed by atoms with Gasteiger partial charge in [0.1, 0.15) is 5.75 Å². The molecule has 0 amide bonds. The first-order chi connectivity index (χ1) is 10.1. The molecule has 0 heterocycles. The van der Waals surface area contributed by atoms with E-state index in [-0.39, 0.29) is 10.8 Å². The van der Waals surface area contributed by atoms with Crippen LogP contribution in [0, 0.1) is 17.1 Å². The van der Waals surface area contributed by atoms with Crippen molar-refractivity contribution in [2.75, 3.05) is 0 Å². The van der Waals surface area contributed by atoms with E-state index in [1.165, 1.54) is 0 Å². The predicted molar refractivity (Wildman–Crippen MR) is 79.9 cm³/mol. The molecule has 5 heteroatoms. The summed E-state index contributed by atoms with van der Waals surface area (Å²) in [6.45, 7) is 1.87. The second-order valence-electron chi connectivity index (χ2n) is 4.53. The van der Waals surface area contributed by atoms with Gasteiger partial charge in [0, 0.05) is 11.6 Å². The zero-order valence-corrected chi connectivity index (χ0v) is 12.2. The van der Waals surface area contributed by atoms with E-state index < -0.39 is 11.9 Å². The summed E-state index contributed by atoms with van der Waals surface area (Å²) in [5.41, 5.74) is 6.73. The second kappa shape index (κ2) is 6.57. The molecule has 1 atom stereocenters. The molecule has 2 aromatic carbocycles. The second-order valence-corrected chi connectivity index (χ2v) is 4.94. The van der Waals surface area contributed by atoms with E-state index in [9.17, 15) is 4.39 Å². The summed E-state index contributed by atoms with van der Waals surface area (Å²) in [4.78, 5) is 0. The van der Waals surface area contributed by atoms with E-state index in [1.54, 1.807) is 36.4 Å². The standard InChI is InChI=1S/C16H14ClFN2O/c1-2-14(20)12-7-8-13(17)16(15(12)18)21-11-5-3-10(9-19)4-6-11/h3-8,14H,2,20H2,1H3/t14-/m1/s1. The third-order valence-electron chi connectivity index (χ3n) is 3.12.